The van der Waals surface area contributed by atoms with E-state index in [1.807, 2.05) is 17.4 Å². The van der Waals surface area contributed by atoms with Gasteiger partial charge in [-0.05, 0) is 56.6 Å². The second kappa shape index (κ2) is 7.16. The van der Waals surface area contributed by atoms with Gasteiger partial charge >= 0.3 is 5.97 Å². The number of piperidine rings is 1. The fourth-order valence-corrected chi connectivity index (χ4v) is 4.76. The fourth-order valence-electron chi connectivity index (χ4n) is 3.23. The van der Waals surface area contributed by atoms with Crippen molar-refractivity contribution in [3.8, 4) is 0 Å². The highest BCUT2D eigenvalue weighted by atomic mass is 79.9. The number of thiophene rings is 1. The summed E-state index contributed by atoms with van der Waals surface area (Å²) >= 11 is 5.51. The monoisotopic (exact) mass is 393 g/mol. The van der Waals surface area contributed by atoms with E-state index >= 15 is 0 Å². The van der Waals surface area contributed by atoms with Gasteiger partial charge in [-0.15, -0.1) is 11.3 Å². The zero-order valence-electron chi connectivity index (χ0n) is 13.0. The van der Waals surface area contributed by atoms with Gasteiger partial charge in [-0.25, -0.2) is 0 Å². The molecule has 2 aromatic rings. The van der Waals surface area contributed by atoms with E-state index in [1.54, 1.807) is 0 Å². The van der Waals surface area contributed by atoms with Crippen LogP contribution in [-0.2, 0) is 4.79 Å². The zero-order chi connectivity index (χ0) is 16.4. The molecule has 3 rings (SSSR count). The van der Waals surface area contributed by atoms with Crippen LogP contribution in [0.2, 0.25) is 0 Å². The molecule has 1 aliphatic heterocycles. The molecular weight excluding hydrogens is 374 g/mol. The van der Waals surface area contributed by atoms with Crippen molar-refractivity contribution in [2.45, 2.75) is 25.8 Å². The summed E-state index contributed by atoms with van der Waals surface area (Å²) in [5.74, 6) is -0.856. The van der Waals surface area contributed by atoms with E-state index in [2.05, 4.69) is 58.1 Å². The molecule has 0 aliphatic carbocycles. The first-order valence-corrected chi connectivity index (χ1v) is 9.45. The SMILES string of the molecule is Cc1ccc(C(c2ccccc2Br)N2CCC(C(=O)O)CC2)s1. The van der Waals surface area contributed by atoms with Crippen LogP contribution in [0.1, 0.15) is 34.2 Å². The third kappa shape index (κ3) is 3.67. The summed E-state index contributed by atoms with van der Waals surface area (Å²) in [7, 11) is 0. The number of likely N-dealkylation sites (tertiary alicyclic amines) is 1. The Kier molecular flexibility index (Phi) is 5.19. The van der Waals surface area contributed by atoms with Crippen LogP contribution < -0.4 is 0 Å². The molecule has 0 spiro atoms. The van der Waals surface area contributed by atoms with Crippen molar-refractivity contribution in [3.63, 3.8) is 0 Å². The van der Waals surface area contributed by atoms with E-state index in [9.17, 15) is 9.90 Å². The second-order valence-electron chi connectivity index (χ2n) is 6.02. The van der Waals surface area contributed by atoms with Crippen LogP contribution in [0.5, 0.6) is 0 Å². The average Bonchev–Trinajstić information content (AvgIpc) is 2.96. The molecule has 1 N–H and O–H groups in total. The van der Waals surface area contributed by atoms with Crippen molar-refractivity contribution in [1.82, 2.24) is 4.90 Å². The number of carboxylic acids is 1. The van der Waals surface area contributed by atoms with Gasteiger partial charge in [0, 0.05) is 14.2 Å². The van der Waals surface area contributed by atoms with Crippen molar-refractivity contribution >= 4 is 33.2 Å². The van der Waals surface area contributed by atoms with Gasteiger partial charge in [0.2, 0.25) is 0 Å². The first-order valence-electron chi connectivity index (χ1n) is 7.84. The number of aryl methyl sites for hydroxylation is 1. The van der Waals surface area contributed by atoms with Crippen LogP contribution in [-0.4, -0.2) is 29.1 Å². The van der Waals surface area contributed by atoms with E-state index in [1.165, 1.54) is 15.3 Å². The Labute approximate surface area is 149 Å². The molecule has 1 atom stereocenters. The molecule has 1 fully saturated rings. The lowest BCUT2D eigenvalue weighted by Gasteiger charge is -2.36. The standard InChI is InChI=1S/C18H20BrNO2S/c1-12-6-7-16(23-12)17(14-4-2-3-5-15(14)19)20-10-8-13(9-11-20)18(21)22/h2-7,13,17H,8-11H2,1H3,(H,21,22). The fraction of sp³-hybridized carbons (Fsp3) is 0.389. The zero-order valence-corrected chi connectivity index (χ0v) is 15.4. The van der Waals surface area contributed by atoms with Crippen LogP contribution in [0.3, 0.4) is 0 Å². The lowest BCUT2D eigenvalue weighted by atomic mass is 9.94. The van der Waals surface area contributed by atoms with Gasteiger partial charge in [0.25, 0.3) is 0 Å². The molecular formula is C18H20BrNO2S. The number of halogens is 1. The van der Waals surface area contributed by atoms with E-state index in [0.717, 1.165) is 30.4 Å². The van der Waals surface area contributed by atoms with Crippen molar-refractivity contribution in [1.29, 1.82) is 0 Å². The van der Waals surface area contributed by atoms with Crippen LogP contribution in [0.15, 0.2) is 40.9 Å². The smallest absolute Gasteiger partial charge is 0.306 e. The molecule has 0 amide bonds. The predicted octanol–water partition coefficient (Wildman–Crippen LogP) is 4.71. The van der Waals surface area contributed by atoms with Crippen LogP contribution in [0, 0.1) is 12.8 Å². The molecule has 1 saturated heterocycles. The number of rotatable bonds is 4. The average molecular weight is 394 g/mol. The first-order chi connectivity index (χ1) is 11.1. The largest absolute Gasteiger partial charge is 0.481 e. The van der Waals surface area contributed by atoms with E-state index in [4.69, 9.17) is 0 Å². The topological polar surface area (TPSA) is 40.5 Å². The number of benzene rings is 1. The third-order valence-electron chi connectivity index (χ3n) is 4.47. The Morgan fingerprint density at radius 1 is 1.26 bits per heavy atom. The van der Waals surface area contributed by atoms with Gasteiger partial charge in [0.15, 0.2) is 0 Å². The molecule has 0 bridgehead atoms. The van der Waals surface area contributed by atoms with Gasteiger partial charge < -0.3 is 5.11 Å². The minimum absolute atomic E-state index is 0.194. The summed E-state index contributed by atoms with van der Waals surface area (Å²) < 4.78 is 1.11. The van der Waals surface area contributed by atoms with E-state index < -0.39 is 5.97 Å². The van der Waals surface area contributed by atoms with Crippen molar-refractivity contribution < 1.29 is 9.90 Å². The van der Waals surface area contributed by atoms with Gasteiger partial charge in [0.05, 0.1) is 12.0 Å². The number of aliphatic carboxylic acids is 1. The highest BCUT2D eigenvalue weighted by Gasteiger charge is 2.31. The molecule has 1 aromatic carbocycles. The Bertz CT molecular complexity index is 692. The van der Waals surface area contributed by atoms with Gasteiger partial charge in [0.1, 0.15) is 0 Å². The molecule has 5 heteroatoms. The Balaban J connectivity index is 1.91. The summed E-state index contributed by atoms with van der Waals surface area (Å²) in [4.78, 5) is 16.3. The van der Waals surface area contributed by atoms with E-state index in [-0.39, 0.29) is 12.0 Å². The number of hydrogen-bond donors (Lipinski definition) is 1. The molecule has 0 radical (unpaired) electrons. The summed E-state index contributed by atoms with van der Waals surface area (Å²) in [6.07, 6.45) is 1.45. The van der Waals surface area contributed by atoms with Gasteiger partial charge in [-0.2, -0.15) is 0 Å². The molecule has 1 aromatic heterocycles. The predicted molar refractivity (Wildman–Crippen MR) is 97.0 cm³/mol. The summed E-state index contributed by atoms with van der Waals surface area (Å²) in [6.45, 7) is 3.77. The van der Waals surface area contributed by atoms with Crippen molar-refractivity contribution in [2.75, 3.05) is 13.1 Å². The van der Waals surface area contributed by atoms with Crippen molar-refractivity contribution in [3.05, 3.63) is 56.2 Å². The number of hydrogen-bond acceptors (Lipinski definition) is 3. The minimum atomic E-state index is -0.658. The second-order valence-corrected chi connectivity index (χ2v) is 8.19. The lowest BCUT2D eigenvalue weighted by Crippen LogP contribution is -2.39. The quantitative estimate of drug-likeness (QED) is 0.817. The van der Waals surface area contributed by atoms with Crippen LogP contribution >= 0.6 is 27.3 Å². The Morgan fingerprint density at radius 3 is 2.52 bits per heavy atom. The lowest BCUT2D eigenvalue weighted by molar-refractivity contribution is -0.143. The summed E-state index contributed by atoms with van der Waals surface area (Å²) in [6, 6.07) is 12.9. The number of carbonyl (C=O) groups is 1. The molecule has 0 saturated carbocycles. The molecule has 1 unspecified atom stereocenters. The number of carboxylic acid groups (broad SMARTS) is 1. The third-order valence-corrected chi connectivity index (χ3v) is 6.25. The maximum atomic E-state index is 11.2. The van der Waals surface area contributed by atoms with Crippen molar-refractivity contribution in [2.24, 2.45) is 5.92 Å². The summed E-state index contributed by atoms with van der Waals surface area (Å²) in [5.41, 5.74) is 1.25. The number of nitrogens with zero attached hydrogens (tertiary/aromatic N) is 1. The summed E-state index contributed by atoms with van der Waals surface area (Å²) in [5, 5.41) is 9.22. The molecule has 2 heterocycles. The normalized spacial score (nSPS) is 18.0. The minimum Gasteiger partial charge on any atom is -0.481 e. The Hall–Kier alpha value is -1.17. The molecule has 3 nitrogen and oxygen atoms in total. The highest BCUT2D eigenvalue weighted by molar-refractivity contribution is 9.10. The highest BCUT2D eigenvalue weighted by Crippen LogP contribution is 2.38. The molecule has 23 heavy (non-hydrogen) atoms. The Morgan fingerprint density at radius 2 is 1.96 bits per heavy atom. The van der Waals surface area contributed by atoms with Crippen LogP contribution in [0.4, 0.5) is 0 Å². The molecule has 1 aliphatic rings. The maximum absolute atomic E-state index is 11.2. The molecule has 122 valence electrons. The van der Waals surface area contributed by atoms with Crippen LogP contribution in [0.25, 0.3) is 0 Å². The first kappa shape index (κ1) is 16.7. The van der Waals surface area contributed by atoms with Gasteiger partial charge in [-0.3, -0.25) is 9.69 Å². The van der Waals surface area contributed by atoms with E-state index in [0.29, 0.717) is 0 Å². The van der Waals surface area contributed by atoms with Gasteiger partial charge in [-0.1, -0.05) is 34.1 Å². The maximum Gasteiger partial charge on any atom is 0.306 e.